The van der Waals surface area contributed by atoms with E-state index in [0.29, 0.717) is 0 Å². The van der Waals surface area contributed by atoms with Crippen molar-refractivity contribution >= 4 is 0 Å². The molecule has 0 saturated heterocycles. The molecule has 3 rings (SSSR count). The lowest BCUT2D eigenvalue weighted by atomic mass is 9.69. The summed E-state index contributed by atoms with van der Waals surface area (Å²) in [7, 11) is 0. The van der Waals surface area contributed by atoms with Crippen molar-refractivity contribution in [2.75, 3.05) is 0 Å². The zero-order valence-electron chi connectivity index (χ0n) is 7.47. The van der Waals surface area contributed by atoms with Gasteiger partial charge in [-0.3, -0.25) is 0 Å². The lowest BCUT2D eigenvalue weighted by Crippen LogP contribution is -2.28. The van der Waals surface area contributed by atoms with E-state index in [4.69, 9.17) is 0 Å². The van der Waals surface area contributed by atoms with Gasteiger partial charge in [-0.2, -0.15) is 0 Å². The van der Waals surface area contributed by atoms with E-state index in [2.05, 4.69) is 6.92 Å². The molecule has 62 valence electrons. The summed E-state index contributed by atoms with van der Waals surface area (Å²) < 4.78 is 0. The van der Waals surface area contributed by atoms with Crippen molar-refractivity contribution < 1.29 is 0 Å². The zero-order chi connectivity index (χ0) is 7.47. The SMILES string of the molecule is C[C@]12CCC[C@H]1C1CCC2C1. The van der Waals surface area contributed by atoms with Gasteiger partial charge in [0.25, 0.3) is 0 Å². The average molecular weight is 150 g/mol. The fourth-order valence-electron chi connectivity index (χ4n) is 4.48. The van der Waals surface area contributed by atoms with E-state index in [0.717, 1.165) is 23.2 Å². The fraction of sp³-hybridized carbons (Fsp3) is 1.00. The van der Waals surface area contributed by atoms with Gasteiger partial charge in [0.2, 0.25) is 0 Å². The molecule has 3 fully saturated rings. The highest BCUT2D eigenvalue weighted by Crippen LogP contribution is 2.65. The van der Waals surface area contributed by atoms with Crippen molar-refractivity contribution in [2.45, 2.75) is 45.4 Å². The minimum Gasteiger partial charge on any atom is -0.0591 e. The first-order valence-electron chi connectivity index (χ1n) is 5.31. The van der Waals surface area contributed by atoms with Gasteiger partial charge in [-0.1, -0.05) is 13.3 Å². The Balaban J connectivity index is 2.00. The molecule has 0 nitrogen and oxygen atoms in total. The van der Waals surface area contributed by atoms with Crippen LogP contribution in [0.1, 0.15) is 45.4 Å². The minimum absolute atomic E-state index is 0.822. The van der Waals surface area contributed by atoms with Crippen LogP contribution >= 0.6 is 0 Å². The Bertz CT molecular complexity index is 184. The molecular formula is C11H18. The largest absolute Gasteiger partial charge is 0.0591 e. The summed E-state index contributed by atoms with van der Waals surface area (Å²) in [6.07, 6.45) is 9.40. The van der Waals surface area contributed by atoms with Gasteiger partial charge in [0.05, 0.1) is 0 Å². The Morgan fingerprint density at radius 1 is 1.18 bits per heavy atom. The molecule has 0 amide bonds. The van der Waals surface area contributed by atoms with Gasteiger partial charge >= 0.3 is 0 Å². The van der Waals surface area contributed by atoms with Crippen molar-refractivity contribution in [3.05, 3.63) is 0 Å². The third-order valence-corrected chi connectivity index (χ3v) is 5.05. The van der Waals surface area contributed by atoms with Gasteiger partial charge in [0, 0.05) is 0 Å². The molecule has 0 heteroatoms. The molecule has 4 atom stereocenters. The Labute approximate surface area is 69.4 Å². The Kier molecular flexibility index (Phi) is 1.09. The standard InChI is InChI=1S/C11H18/c1-11-6-2-3-10(11)8-4-5-9(11)7-8/h8-10H,2-7H2,1H3/t8?,9?,10-,11+/m0/s1. The maximum absolute atomic E-state index is 2.58. The highest BCUT2D eigenvalue weighted by atomic mass is 14.6. The molecule has 0 aliphatic heterocycles. The Morgan fingerprint density at radius 2 is 2.09 bits per heavy atom. The molecule has 0 aromatic heterocycles. The predicted octanol–water partition coefficient (Wildman–Crippen LogP) is 3.22. The molecule has 0 aromatic carbocycles. The van der Waals surface area contributed by atoms with Gasteiger partial charge in [-0.25, -0.2) is 0 Å². The summed E-state index contributed by atoms with van der Waals surface area (Å²) in [4.78, 5) is 0. The zero-order valence-corrected chi connectivity index (χ0v) is 7.47. The topological polar surface area (TPSA) is 0 Å². The molecule has 0 N–H and O–H groups in total. The van der Waals surface area contributed by atoms with E-state index in [1.165, 1.54) is 6.42 Å². The highest BCUT2D eigenvalue weighted by molar-refractivity contribution is 5.06. The fourth-order valence-corrected chi connectivity index (χ4v) is 4.48. The minimum atomic E-state index is 0.822. The van der Waals surface area contributed by atoms with Crippen LogP contribution in [0.5, 0.6) is 0 Å². The van der Waals surface area contributed by atoms with Gasteiger partial charge in [0.1, 0.15) is 0 Å². The van der Waals surface area contributed by atoms with E-state index in [1.54, 1.807) is 32.1 Å². The molecule has 11 heavy (non-hydrogen) atoms. The van der Waals surface area contributed by atoms with E-state index < -0.39 is 0 Å². The third kappa shape index (κ3) is 0.625. The van der Waals surface area contributed by atoms with Gasteiger partial charge in [0.15, 0.2) is 0 Å². The van der Waals surface area contributed by atoms with E-state index in [-0.39, 0.29) is 0 Å². The van der Waals surface area contributed by atoms with Gasteiger partial charge in [-0.15, -0.1) is 0 Å². The molecule has 0 spiro atoms. The average Bonchev–Trinajstić information content (AvgIpc) is 2.54. The van der Waals surface area contributed by atoms with Crippen LogP contribution < -0.4 is 0 Å². The first kappa shape index (κ1) is 6.51. The monoisotopic (exact) mass is 150 g/mol. The van der Waals surface area contributed by atoms with Gasteiger partial charge in [-0.05, 0) is 55.3 Å². The lowest BCUT2D eigenvalue weighted by Gasteiger charge is -2.35. The smallest absolute Gasteiger partial charge is 0.0266 e. The normalized spacial score (nSPS) is 60.3. The molecule has 0 aromatic rings. The molecule has 3 saturated carbocycles. The van der Waals surface area contributed by atoms with E-state index in [1.807, 2.05) is 0 Å². The summed E-state index contributed by atoms with van der Waals surface area (Å²) in [5, 5.41) is 0. The van der Waals surface area contributed by atoms with Crippen molar-refractivity contribution in [3.63, 3.8) is 0 Å². The Morgan fingerprint density at radius 3 is 2.91 bits per heavy atom. The molecular weight excluding hydrogens is 132 g/mol. The van der Waals surface area contributed by atoms with Crippen LogP contribution in [0.3, 0.4) is 0 Å². The van der Waals surface area contributed by atoms with Crippen molar-refractivity contribution in [1.29, 1.82) is 0 Å². The maximum atomic E-state index is 2.58. The van der Waals surface area contributed by atoms with Crippen LogP contribution in [0, 0.1) is 23.2 Å². The summed E-state index contributed by atoms with van der Waals surface area (Å²) in [5.41, 5.74) is 0.822. The maximum Gasteiger partial charge on any atom is -0.0266 e. The van der Waals surface area contributed by atoms with E-state index >= 15 is 0 Å². The molecule has 2 bridgehead atoms. The summed E-state index contributed by atoms with van der Waals surface area (Å²) >= 11 is 0. The predicted molar refractivity (Wildman–Crippen MR) is 46.3 cm³/mol. The van der Waals surface area contributed by atoms with Crippen LogP contribution in [0.2, 0.25) is 0 Å². The summed E-state index contributed by atoms with van der Waals surface area (Å²) in [6.45, 7) is 2.58. The van der Waals surface area contributed by atoms with Crippen LogP contribution in [-0.4, -0.2) is 0 Å². The Hall–Kier alpha value is 0. The summed E-state index contributed by atoms with van der Waals surface area (Å²) in [5.74, 6) is 3.45. The number of hydrogen-bond acceptors (Lipinski definition) is 0. The third-order valence-electron chi connectivity index (χ3n) is 5.05. The lowest BCUT2D eigenvalue weighted by molar-refractivity contribution is 0.135. The second kappa shape index (κ2) is 1.84. The van der Waals surface area contributed by atoms with Crippen LogP contribution in [0.4, 0.5) is 0 Å². The number of hydrogen-bond donors (Lipinski definition) is 0. The van der Waals surface area contributed by atoms with Crippen molar-refractivity contribution in [1.82, 2.24) is 0 Å². The van der Waals surface area contributed by atoms with Crippen molar-refractivity contribution in [2.24, 2.45) is 23.2 Å². The van der Waals surface area contributed by atoms with Crippen LogP contribution in [0.25, 0.3) is 0 Å². The quantitative estimate of drug-likeness (QED) is 0.497. The molecule has 0 heterocycles. The molecule has 3 aliphatic rings. The van der Waals surface area contributed by atoms with Crippen molar-refractivity contribution in [3.8, 4) is 0 Å². The molecule has 2 unspecified atom stereocenters. The first-order chi connectivity index (χ1) is 5.31. The van der Waals surface area contributed by atoms with Crippen LogP contribution in [0.15, 0.2) is 0 Å². The summed E-state index contributed by atoms with van der Waals surface area (Å²) in [6, 6.07) is 0. The molecule has 3 aliphatic carbocycles. The van der Waals surface area contributed by atoms with Crippen LogP contribution in [-0.2, 0) is 0 Å². The second-order valence-electron chi connectivity index (χ2n) is 5.27. The number of rotatable bonds is 0. The number of fused-ring (bicyclic) bond motifs is 5. The first-order valence-corrected chi connectivity index (χ1v) is 5.31. The molecule has 0 radical (unpaired) electrons. The van der Waals surface area contributed by atoms with E-state index in [9.17, 15) is 0 Å². The van der Waals surface area contributed by atoms with Gasteiger partial charge < -0.3 is 0 Å². The second-order valence-corrected chi connectivity index (χ2v) is 5.27. The highest BCUT2D eigenvalue weighted by Gasteiger charge is 2.56.